The highest BCUT2D eigenvalue weighted by molar-refractivity contribution is 5.60. The predicted octanol–water partition coefficient (Wildman–Crippen LogP) is 2.48. The molecule has 1 aliphatic heterocycles. The molecule has 0 spiro atoms. The third-order valence-corrected chi connectivity index (χ3v) is 3.27. The lowest BCUT2D eigenvalue weighted by atomic mass is 10.3. The zero-order valence-electron chi connectivity index (χ0n) is 12.1. The topological polar surface area (TPSA) is 94.0 Å². The van der Waals surface area contributed by atoms with Crippen molar-refractivity contribution < 1.29 is 14.4 Å². The third kappa shape index (κ3) is 4.04. The Hall–Kier alpha value is -2.93. The minimum atomic E-state index is -0.543. The van der Waals surface area contributed by atoms with Gasteiger partial charge in [-0.15, -0.1) is 0 Å². The molecule has 0 bridgehead atoms. The highest BCUT2D eigenvalue weighted by Crippen LogP contribution is 2.20. The van der Waals surface area contributed by atoms with E-state index in [0.717, 1.165) is 6.61 Å². The Morgan fingerprint density at radius 3 is 2.52 bits per heavy atom. The van der Waals surface area contributed by atoms with E-state index in [1.807, 2.05) is 0 Å². The zero-order valence-corrected chi connectivity index (χ0v) is 12.1. The Morgan fingerprint density at radius 2 is 1.87 bits per heavy atom. The van der Waals surface area contributed by atoms with Crippen LogP contribution in [0.3, 0.4) is 0 Å². The van der Waals surface area contributed by atoms with Gasteiger partial charge in [0.1, 0.15) is 18.5 Å². The van der Waals surface area contributed by atoms with Gasteiger partial charge in [-0.25, -0.2) is 0 Å². The molecule has 23 heavy (non-hydrogen) atoms. The SMILES string of the molecule is O=c1ccc([N+](=O)[O-])ccc1Nc1ccc(OCC2CO2)cc1. The largest absolute Gasteiger partial charge is 0.491 e. The summed E-state index contributed by atoms with van der Waals surface area (Å²) in [4.78, 5) is 22.1. The average molecular weight is 314 g/mol. The Morgan fingerprint density at radius 1 is 1.17 bits per heavy atom. The van der Waals surface area contributed by atoms with Crippen LogP contribution in [0.5, 0.6) is 5.75 Å². The van der Waals surface area contributed by atoms with Crippen molar-refractivity contribution in [3.63, 3.8) is 0 Å². The minimum absolute atomic E-state index is 0.138. The highest BCUT2D eigenvalue weighted by atomic mass is 16.6. The molecule has 0 radical (unpaired) electrons. The van der Waals surface area contributed by atoms with E-state index in [1.54, 1.807) is 24.3 Å². The fourth-order valence-corrected chi connectivity index (χ4v) is 1.93. The molecule has 1 aliphatic rings. The summed E-state index contributed by atoms with van der Waals surface area (Å²) in [5.41, 5.74) is 0.481. The molecule has 0 saturated carbocycles. The molecule has 2 aromatic carbocycles. The van der Waals surface area contributed by atoms with Crippen LogP contribution in [0.2, 0.25) is 0 Å². The fourth-order valence-electron chi connectivity index (χ4n) is 1.93. The van der Waals surface area contributed by atoms with Gasteiger partial charge >= 0.3 is 0 Å². The number of nitrogens with one attached hydrogen (secondary N) is 1. The molecule has 2 aromatic rings. The van der Waals surface area contributed by atoms with Crippen molar-refractivity contribution in [2.45, 2.75) is 6.10 Å². The minimum Gasteiger partial charge on any atom is -0.491 e. The molecule has 1 fully saturated rings. The van der Waals surface area contributed by atoms with Crippen LogP contribution in [0.1, 0.15) is 0 Å². The first kappa shape index (κ1) is 15.0. The van der Waals surface area contributed by atoms with Crippen molar-refractivity contribution >= 4 is 17.1 Å². The highest BCUT2D eigenvalue weighted by Gasteiger charge is 2.22. The molecule has 0 amide bonds. The van der Waals surface area contributed by atoms with Crippen LogP contribution in [0.25, 0.3) is 0 Å². The van der Waals surface area contributed by atoms with E-state index < -0.39 is 4.92 Å². The molecule has 1 saturated heterocycles. The van der Waals surface area contributed by atoms with E-state index in [2.05, 4.69) is 5.32 Å². The summed E-state index contributed by atoms with van der Waals surface area (Å²) >= 11 is 0. The van der Waals surface area contributed by atoms with Gasteiger partial charge in [-0.05, 0) is 36.4 Å². The van der Waals surface area contributed by atoms with Gasteiger partial charge in [-0.1, -0.05) is 0 Å². The lowest BCUT2D eigenvalue weighted by Crippen LogP contribution is -2.05. The van der Waals surface area contributed by atoms with E-state index in [4.69, 9.17) is 9.47 Å². The summed E-state index contributed by atoms with van der Waals surface area (Å²) in [6, 6.07) is 12.1. The molecular weight excluding hydrogens is 300 g/mol. The van der Waals surface area contributed by atoms with Crippen LogP contribution in [-0.4, -0.2) is 24.2 Å². The van der Waals surface area contributed by atoms with Crippen molar-refractivity contribution in [1.29, 1.82) is 0 Å². The first-order valence-corrected chi connectivity index (χ1v) is 7.02. The predicted molar refractivity (Wildman–Crippen MR) is 84.3 cm³/mol. The smallest absolute Gasteiger partial charge is 0.269 e. The van der Waals surface area contributed by atoms with E-state index >= 15 is 0 Å². The van der Waals surface area contributed by atoms with Crippen LogP contribution in [0, 0.1) is 10.1 Å². The number of hydrogen-bond donors (Lipinski definition) is 1. The lowest BCUT2D eigenvalue weighted by Gasteiger charge is -2.07. The average Bonchev–Trinajstić information content (AvgIpc) is 3.36. The molecule has 7 nitrogen and oxygen atoms in total. The molecule has 3 rings (SSSR count). The molecule has 0 aliphatic carbocycles. The summed E-state index contributed by atoms with van der Waals surface area (Å²) in [6.07, 6.45) is 0.191. The number of benzene rings is 1. The summed E-state index contributed by atoms with van der Waals surface area (Å²) in [7, 11) is 0. The van der Waals surface area contributed by atoms with Crippen molar-refractivity contribution in [1.82, 2.24) is 0 Å². The monoisotopic (exact) mass is 314 g/mol. The standard InChI is InChI=1S/C16H14N2O5/c19-16-8-4-12(18(20)21)3-7-15(16)17-11-1-5-13(6-2-11)22-9-14-10-23-14/h1-8,14H,9-10H2,(H,17,19). The van der Waals surface area contributed by atoms with Gasteiger partial charge in [-0.3, -0.25) is 14.9 Å². The normalized spacial score (nSPS) is 15.7. The maximum atomic E-state index is 11.9. The molecular formula is C16H14N2O5. The second-order valence-corrected chi connectivity index (χ2v) is 5.04. The second-order valence-electron chi connectivity index (χ2n) is 5.04. The molecule has 1 heterocycles. The Bertz CT molecular complexity index is 772. The van der Waals surface area contributed by atoms with Crippen LogP contribution < -0.4 is 15.5 Å². The van der Waals surface area contributed by atoms with Crippen LogP contribution in [0.4, 0.5) is 17.1 Å². The van der Waals surface area contributed by atoms with Crippen molar-refractivity contribution in [2.75, 3.05) is 18.5 Å². The Kier molecular flexibility index (Phi) is 4.20. The van der Waals surface area contributed by atoms with Crippen LogP contribution >= 0.6 is 0 Å². The number of rotatable bonds is 6. The van der Waals surface area contributed by atoms with Gasteiger partial charge in [0.25, 0.3) is 5.69 Å². The summed E-state index contributed by atoms with van der Waals surface area (Å²) in [5, 5.41) is 13.7. The van der Waals surface area contributed by atoms with Crippen molar-refractivity contribution in [3.05, 3.63) is 68.9 Å². The summed E-state index contributed by atoms with van der Waals surface area (Å²) in [6.45, 7) is 1.26. The number of nitro groups is 1. The molecule has 1 N–H and O–H groups in total. The van der Waals surface area contributed by atoms with E-state index in [-0.39, 0.29) is 22.9 Å². The fraction of sp³-hybridized carbons (Fsp3) is 0.188. The maximum Gasteiger partial charge on any atom is 0.269 e. The van der Waals surface area contributed by atoms with Crippen LogP contribution in [-0.2, 0) is 4.74 Å². The number of epoxide rings is 1. The molecule has 1 unspecified atom stereocenters. The van der Waals surface area contributed by atoms with Crippen molar-refractivity contribution in [2.24, 2.45) is 0 Å². The molecule has 7 heteroatoms. The van der Waals surface area contributed by atoms with Gasteiger partial charge in [0.15, 0.2) is 0 Å². The molecule has 0 aromatic heterocycles. The Labute approximate surface area is 131 Å². The number of ether oxygens (including phenoxy) is 2. The van der Waals surface area contributed by atoms with Gasteiger partial charge in [0.05, 0.1) is 17.2 Å². The van der Waals surface area contributed by atoms with Gasteiger partial charge in [-0.2, -0.15) is 0 Å². The van der Waals surface area contributed by atoms with E-state index in [9.17, 15) is 14.9 Å². The molecule has 118 valence electrons. The van der Waals surface area contributed by atoms with Crippen LogP contribution in [0.15, 0.2) is 53.3 Å². The number of nitrogens with zero attached hydrogens (tertiary/aromatic N) is 1. The number of hydrogen-bond acceptors (Lipinski definition) is 6. The number of anilines is 2. The van der Waals surface area contributed by atoms with Gasteiger partial charge in [0.2, 0.25) is 5.43 Å². The van der Waals surface area contributed by atoms with Gasteiger partial charge < -0.3 is 14.8 Å². The first-order chi connectivity index (χ1) is 11.1. The second kappa shape index (κ2) is 6.45. The summed E-state index contributed by atoms with van der Waals surface area (Å²) in [5.74, 6) is 0.711. The quantitative estimate of drug-likeness (QED) is 0.500. The Balaban J connectivity index is 1.72. The molecule has 1 atom stereocenters. The zero-order chi connectivity index (χ0) is 16.2. The summed E-state index contributed by atoms with van der Waals surface area (Å²) < 4.78 is 10.6. The van der Waals surface area contributed by atoms with Crippen molar-refractivity contribution in [3.8, 4) is 5.75 Å². The van der Waals surface area contributed by atoms with Gasteiger partial charge in [0, 0.05) is 17.8 Å². The lowest BCUT2D eigenvalue weighted by molar-refractivity contribution is -0.384. The third-order valence-electron chi connectivity index (χ3n) is 3.27. The first-order valence-electron chi connectivity index (χ1n) is 7.02. The van der Waals surface area contributed by atoms with E-state index in [0.29, 0.717) is 18.0 Å². The van der Waals surface area contributed by atoms with E-state index in [1.165, 1.54) is 24.3 Å². The maximum absolute atomic E-state index is 11.9.